The second-order valence-electron chi connectivity index (χ2n) is 8.53. The molecule has 2 aromatic carbocycles. The lowest BCUT2D eigenvalue weighted by Gasteiger charge is -2.35. The van der Waals surface area contributed by atoms with E-state index in [1.165, 1.54) is 18.2 Å². The van der Waals surface area contributed by atoms with Crippen molar-refractivity contribution < 1.29 is 9.53 Å². The number of ether oxygens (including phenoxy) is 1. The molecule has 0 radical (unpaired) electrons. The summed E-state index contributed by atoms with van der Waals surface area (Å²) in [7, 11) is 0. The van der Waals surface area contributed by atoms with Gasteiger partial charge in [-0.15, -0.1) is 0 Å². The molecule has 0 N–H and O–H groups in total. The first-order valence-electron chi connectivity index (χ1n) is 9.67. The molecule has 6 rings (SSSR count). The molecular formula is C23H22O2. The van der Waals surface area contributed by atoms with Crippen LogP contribution in [0.15, 0.2) is 54.6 Å². The molecule has 2 aromatic rings. The van der Waals surface area contributed by atoms with E-state index >= 15 is 0 Å². The van der Waals surface area contributed by atoms with Crippen molar-refractivity contribution in [1.29, 1.82) is 0 Å². The monoisotopic (exact) mass is 330 g/mol. The minimum atomic E-state index is 0.00739. The third-order valence-electron chi connectivity index (χ3n) is 7.51. The molecular weight excluding hydrogens is 308 g/mol. The Morgan fingerprint density at radius 3 is 2.56 bits per heavy atom. The number of fused-ring (bicyclic) bond motifs is 10. The van der Waals surface area contributed by atoms with Crippen LogP contribution in [0.25, 0.3) is 10.8 Å². The summed E-state index contributed by atoms with van der Waals surface area (Å²) in [6.45, 7) is 0. The highest BCUT2D eigenvalue weighted by Crippen LogP contribution is 2.67. The van der Waals surface area contributed by atoms with Crippen LogP contribution in [-0.2, 0) is 4.79 Å². The van der Waals surface area contributed by atoms with E-state index in [1.807, 2.05) is 30.3 Å². The maximum absolute atomic E-state index is 12.9. The average molecular weight is 330 g/mol. The van der Waals surface area contributed by atoms with E-state index < -0.39 is 0 Å². The van der Waals surface area contributed by atoms with E-state index in [1.54, 1.807) is 0 Å². The Labute approximate surface area is 147 Å². The van der Waals surface area contributed by atoms with Crippen LogP contribution in [-0.4, -0.2) is 5.97 Å². The van der Waals surface area contributed by atoms with Gasteiger partial charge in [0, 0.05) is 0 Å². The van der Waals surface area contributed by atoms with E-state index in [0.29, 0.717) is 11.7 Å². The fourth-order valence-corrected chi connectivity index (χ4v) is 6.71. The Kier molecular flexibility index (Phi) is 2.81. The standard InChI is InChI=1S/C23H22O2/c24-23(25-18-8-7-13-3-1-2-4-14(13)10-18)20-12-17-11-19(20)22-16-6-5-15(9-16)21(17)22/h1-8,10,15-17,19-22H,9,11-12H2. The summed E-state index contributed by atoms with van der Waals surface area (Å²) in [4.78, 5) is 12.9. The zero-order valence-corrected chi connectivity index (χ0v) is 14.2. The Bertz CT molecular complexity index is 898. The molecule has 2 nitrogen and oxygen atoms in total. The molecule has 3 saturated carbocycles. The molecule has 4 aliphatic rings. The first-order chi connectivity index (χ1) is 12.3. The summed E-state index contributed by atoms with van der Waals surface area (Å²) < 4.78 is 5.83. The minimum Gasteiger partial charge on any atom is -0.426 e. The summed E-state index contributed by atoms with van der Waals surface area (Å²) in [5.74, 6) is 5.29. The van der Waals surface area contributed by atoms with Gasteiger partial charge in [0.1, 0.15) is 5.75 Å². The van der Waals surface area contributed by atoms with Crippen LogP contribution in [0.2, 0.25) is 0 Å². The van der Waals surface area contributed by atoms with E-state index in [-0.39, 0.29) is 11.9 Å². The molecule has 0 aliphatic heterocycles. The minimum absolute atomic E-state index is 0.00739. The van der Waals surface area contributed by atoms with Gasteiger partial charge < -0.3 is 4.74 Å². The molecule has 7 atom stereocenters. The zero-order chi connectivity index (χ0) is 16.5. The highest BCUT2D eigenvalue weighted by molar-refractivity contribution is 5.85. The molecule has 126 valence electrons. The molecule has 0 spiro atoms. The lowest BCUT2D eigenvalue weighted by atomic mass is 9.69. The smallest absolute Gasteiger partial charge is 0.314 e. The Morgan fingerprint density at radius 1 is 0.880 bits per heavy atom. The molecule has 0 aromatic heterocycles. The first kappa shape index (κ1) is 14.1. The Balaban J connectivity index is 1.24. The molecule has 0 heterocycles. The highest BCUT2D eigenvalue weighted by Gasteiger charge is 2.62. The Hall–Kier alpha value is -2.09. The second kappa shape index (κ2) is 4.97. The fraction of sp³-hybridized carbons (Fsp3) is 0.435. The topological polar surface area (TPSA) is 26.3 Å². The summed E-state index contributed by atoms with van der Waals surface area (Å²) in [5.41, 5.74) is 0. The summed E-state index contributed by atoms with van der Waals surface area (Å²) in [5, 5.41) is 2.30. The number of hydrogen-bond donors (Lipinski definition) is 0. The summed E-state index contributed by atoms with van der Waals surface area (Å²) in [6.07, 6.45) is 8.53. The van der Waals surface area contributed by atoms with Crippen molar-refractivity contribution in [1.82, 2.24) is 0 Å². The predicted octanol–water partition coefficient (Wildman–Crippen LogP) is 4.84. The van der Waals surface area contributed by atoms with Gasteiger partial charge in [-0.25, -0.2) is 0 Å². The number of rotatable bonds is 2. The van der Waals surface area contributed by atoms with Crippen LogP contribution in [0.4, 0.5) is 0 Å². The molecule has 4 bridgehead atoms. The molecule has 3 fully saturated rings. The number of allylic oxidation sites excluding steroid dienone is 2. The summed E-state index contributed by atoms with van der Waals surface area (Å²) >= 11 is 0. The molecule has 25 heavy (non-hydrogen) atoms. The van der Waals surface area contributed by atoms with Gasteiger partial charge in [-0.3, -0.25) is 4.79 Å². The van der Waals surface area contributed by atoms with Crippen molar-refractivity contribution >= 4 is 16.7 Å². The molecule has 7 unspecified atom stereocenters. The zero-order valence-electron chi connectivity index (χ0n) is 14.2. The maximum Gasteiger partial charge on any atom is 0.314 e. The quantitative estimate of drug-likeness (QED) is 0.341. The molecule has 2 heteroatoms. The van der Waals surface area contributed by atoms with E-state index in [2.05, 4.69) is 24.3 Å². The normalized spacial score (nSPS) is 39.9. The summed E-state index contributed by atoms with van der Waals surface area (Å²) in [6, 6.07) is 14.2. The van der Waals surface area contributed by atoms with Gasteiger partial charge >= 0.3 is 5.97 Å². The van der Waals surface area contributed by atoms with Gasteiger partial charge in [-0.2, -0.15) is 0 Å². The lowest BCUT2D eigenvalue weighted by Crippen LogP contribution is -2.36. The number of benzene rings is 2. The van der Waals surface area contributed by atoms with E-state index in [0.717, 1.165) is 41.4 Å². The van der Waals surface area contributed by atoms with Crippen LogP contribution >= 0.6 is 0 Å². The fourth-order valence-electron chi connectivity index (χ4n) is 6.71. The molecule has 0 saturated heterocycles. The first-order valence-corrected chi connectivity index (χ1v) is 9.67. The largest absolute Gasteiger partial charge is 0.426 e. The highest BCUT2D eigenvalue weighted by atomic mass is 16.5. The molecule has 4 aliphatic carbocycles. The van der Waals surface area contributed by atoms with E-state index in [9.17, 15) is 4.79 Å². The molecule has 0 amide bonds. The van der Waals surface area contributed by atoms with Crippen LogP contribution in [0.5, 0.6) is 5.75 Å². The predicted molar refractivity (Wildman–Crippen MR) is 97.0 cm³/mol. The van der Waals surface area contributed by atoms with Crippen molar-refractivity contribution in [3.63, 3.8) is 0 Å². The SMILES string of the molecule is O=C(Oc1ccc2ccccc2c1)C1CC2CC1C1C3C=CC(C3)C21. The third-order valence-corrected chi connectivity index (χ3v) is 7.51. The number of carbonyl (C=O) groups is 1. The van der Waals surface area contributed by atoms with Crippen LogP contribution < -0.4 is 4.74 Å². The van der Waals surface area contributed by atoms with Gasteiger partial charge in [0.2, 0.25) is 0 Å². The third kappa shape index (κ3) is 1.94. The van der Waals surface area contributed by atoms with Crippen LogP contribution in [0.1, 0.15) is 19.3 Å². The van der Waals surface area contributed by atoms with Crippen molar-refractivity contribution in [3.05, 3.63) is 54.6 Å². The van der Waals surface area contributed by atoms with Gasteiger partial charge in [-0.05, 0) is 77.7 Å². The van der Waals surface area contributed by atoms with Crippen molar-refractivity contribution in [2.45, 2.75) is 19.3 Å². The van der Waals surface area contributed by atoms with Gasteiger partial charge in [0.05, 0.1) is 5.92 Å². The van der Waals surface area contributed by atoms with Crippen molar-refractivity contribution in [2.24, 2.45) is 41.4 Å². The van der Waals surface area contributed by atoms with E-state index in [4.69, 9.17) is 4.74 Å². The van der Waals surface area contributed by atoms with Gasteiger partial charge in [0.25, 0.3) is 0 Å². The number of carbonyl (C=O) groups excluding carboxylic acids is 1. The van der Waals surface area contributed by atoms with Gasteiger partial charge in [-0.1, -0.05) is 42.5 Å². The lowest BCUT2D eigenvalue weighted by molar-refractivity contribution is -0.142. The maximum atomic E-state index is 12.9. The second-order valence-corrected chi connectivity index (χ2v) is 8.53. The van der Waals surface area contributed by atoms with Gasteiger partial charge in [0.15, 0.2) is 0 Å². The van der Waals surface area contributed by atoms with Crippen molar-refractivity contribution in [2.75, 3.05) is 0 Å². The Morgan fingerprint density at radius 2 is 1.68 bits per heavy atom. The van der Waals surface area contributed by atoms with Crippen molar-refractivity contribution in [3.8, 4) is 5.75 Å². The van der Waals surface area contributed by atoms with Crippen LogP contribution in [0.3, 0.4) is 0 Å². The number of esters is 1. The number of hydrogen-bond acceptors (Lipinski definition) is 2. The van der Waals surface area contributed by atoms with Crippen LogP contribution in [0, 0.1) is 41.4 Å². The average Bonchev–Trinajstić information content (AvgIpc) is 3.40.